The highest BCUT2D eigenvalue weighted by Crippen LogP contribution is 2.24. The van der Waals surface area contributed by atoms with Gasteiger partial charge < -0.3 is 15.0 Å². The molecule has 0 radical (unpaired) electrons. The van der Waals surface area contributed by atoms with Crippen LogP contribution < -0.4 is 15.0 Å². The van der Waals surface area contributed by atoms with Gasteiger partial charge in [-0.2, -0.15) is 0 Å². The topological polar surface area (TPSA) is 54.5 Å². The molecule has 0 aliphatic heterocycles. The van der Waals surface area contributed by atoms with Crippen LogP contribution in [-0.2, 0) is 0 Å². The SMILES string of the molecule is CCCCN(C)c1ccnc(C(=O)Nc2ccccc2OC)c1. The van der Waals surface area contributed by atoms with E-state index in [4.69, 9.17) is 4.74 Å². The Kier molecular flexibility index (Phi) is 5.97. The van der Waals surface area contributed by atoms with Crippen molar-refractivity contribution < 1.29 is 9.53 Å². The number of carbonyl (C=O) groups excluding carboxylic acids is 1. The first-order valence-electron chi connectivity index (χ1n) is 7.77. The number of aromatic nitrogens is 1. The summed E-state index contributed by atoms with van der Waals surface area (Å²) in [6, 6.07) is 11.0. The predicted molar refractivity (Wildman–Crippen MR) is 93.4 cm³/mol. The third kappa shape index (κ3) is 4.45. The van der Waals surface area contributed by atoms with Crippen LogP contribution in [0.15, 0.2) is 42.6 Å². The molecule has 1 aromatic carbocycles. The minimum absolute atomic E-state index is 0.250. The van der Waals surface area contributed by atoms with Gasteiger partial charge in [-0.3, -0.25) is 9.78 Å². The van der Waals surface area contributed by atoms with Crippen molar-refractivity contribution in [2.24, 2.45) is 0 Å². The lowest BCUT2D eigenvalue weighted by atomic mass is 10.2. The van der Waals surface area contributed by atoms with Gasteiger partial charge in [-0.1, -0.05) is 25.5 Å². The van der Waals surface area contributed by atoms with Crippen LogP contribution in [0.2, 0.25) is 0 Å². The molecule has 1 aromatic heterocycles. The first kappa shape index (κ1) is 16.8. The molecule has 0 aliphatic carbocycles. The molecular weight excluding hydrogens is 290 g/mol. The number of ether oxygens (including phenoxy) is 1. The molecule has 0 unspecified atom stereocenters. The van der Waals surface area contributed by atoms with E-state index in [1.54, 1.807) is 31.5 Å². The zero-order valence-electron chi connectivity index (χ0n) is 13.9. The number of anilines is 2. The van der Waals surface area contributed by atoms with Crippen molar-refractivity contribution in [2.45, 2.75) is 19.8 Å². The molecular formula is C18H23N3O2. The van der Waals surface area contributed by atoms with E-state index < -0.39 is 0 Å². The lowest BCUT2D eigenvalue weighted by Gasteiger charge is -2.19. The molecule has 1 amide bonds. The monoisotopic (exact) mass is 313 g/mol. The summed E-state index contributed by atoms with van der Waals surface area (Å²) >= 11 is 0. The highest BCUT2D eigenvalue weighted by molar-refractivity contribution is 6.04. The number of hydrogen-bond acceptors (Lipinski definition) is 4. The van der Waals surface area contributed by atoms with Crippen LogP contribution in [-0.4, -0.2) is 31.6 Å². The Balaban J connectivity index is 2.13. The first-order chi connectivity index (χ1) is 11.2. The van der Waals surface area contributed by atoms with Crippen LogP contribution in [0.3, 0.4) is 0 Å². The number of methoxy groups -OCH3 is 1. The van der Waals surface area contributed by atoms with E-state index in [2.05, 4.69) is 22.1 Å². The number of pyridine rings is 1. The van der Waals surface area contributed by atoms with Crippen molar-refractivity contribution in [1.82, 2.24) is 4.98 Å². The van der Waals surface area contributed by atoms with Crippen molar-refractivity contribution in [3.8, 4) is 5.75 Å². The second kappa shape index (κ2) is 8.17. The highest BCUT2D eigenvalue weighted by Gasteiger charge is 2.12. The zero-order chi connectivity index (χ0) is 16.7. The Labute approximate surface area is 137 Å². The lowest BCUT2D eigenvalue weighted by Crippen LogP contribution is -2.20. The number of unbranched alkanes of at least 4 members (excludes halogenated alkanes) is 1. The van der Waals surface area contributed by atoms with E-state index in [1.807, 2.05) is 25.2 Å². The van der Waals surface area contributed by atoms with Gasteiger partial charge in [0.05, 0.1) is 12.8 Å². The minimum Gasteiger partial charge on any atom is -0.495 e. The van der Waals surface area contributed by atoms with Crippen molar-refractivity contribution in [3.63, 3.8) is 0 Å². The van der Waals surface area contributed by atoms with Crippen molar-refractivity contribution in [3.05, 3.63) is 48.3 Å². The van der Waals surface area contributed by atoms with Gasteiger partial charge in [-0.25, -0.2) is 0 Å². The smallest absolute Gasteiger partial charge is 0.274 e. The molecule has 5 heteroatoms. The average Bonchev–Trinajstić information content (AvgIpc) is 2.60. The molecule has 2 rings (SSSR count). The standard InChI is InChI=1S/C18H23N3O2/c1-4-5-12-21(2)14-10-11-19-16(13-14)18(22)20-15-8-6-7-9-17(15)23-3/h6-11,13H,4-5,12H2,1-3H3,(H,20,22). The Morgan fingerprint density at radius 3 is 2.83 bits per heavy atom. The second-order valence-corrected chi connectivity index (χ2v) is 5.33. The number of para-hydroxylation sites is 2. The Morgan fingerprint density at radius 1 is 1.30 bits per heavy atom. The van der Waals surface area contributed by atoms with Crippen molar-refractivity contribution in [2.75, 3.05) is 30.9 Å². The first-order valence-corrected chi connectivity index (χ1v) is 7.77. The van der Waals surface area contributed by atoms with Gasteiger partial charge in [0.15, 0.2) is 0 Å². The molecule has 0 saturated heterocycles. The van der Waals surface area contributed by atoms with E-state index in [9.17, 15) is 4.79 Å². The molecule has 5 nitrogen and oxygen atoms in total. The van der Waals surface area contributed by atoms with E-state index in [1.165, 1.54) is 0 Å². The molecule has 2 aromatic rings. The Bertz CT molecular complexity index is 658. The van der Waals surface area contributed by atoms with Crippen LogP contribution in [0.25, 0.3) is 0 Å². The Hall–Kier alpha value is -2.56. The highest BCUT2D eigenvalue weighted by atomic mass is 16.5. The normalized spacial score (nSPS) is 10.2. The maximum atomic E-state index is 12.4. The number of nitrogens with zero attached hydrogens (tertiary/aromatic N) is 2. The molecule has 1 N–H and O–H groups in total. The molecule has 0 spiro atoms. The van der Waals surface area contributed by atoms with Crippen LogP contribution >= 0.6 is 0 Å². The number of nitrogens with one attached hydrogen (secondary N) is 1. The number of carbonyl (C=O) groups is 1. The van der Waals surface area contributed by atoms with Gasteiger partial charge >= 0.3 is 0 Å². The molecule has 1 heterocycles. The fraction of sp³-hybridized carbons (Fsp3) is 0.333. The summed E-state index contributed by atoms with van der Waals surface area (Å²) in [5.74, 6) is 0.373. The molecule has 0 saturated carbocycles. The van der Waals surface area contributed by atoms with E-state index in [-0.39, 0.29) is 5.91 Å². The van der Waals surface area contributed by atoms with Gasteiger partial charge in [0.2, 0.25) is 0 Å². The molecule has 0 aliphatic rings. The predicted octanol–water partition coefficient (Wildman–Crippen LogP) is 3.58. The van der Waals surface area contributed by atoms with Gasteiger partial charge in [0.25, 0.3) is 5.91 Å². The molecule has 0 fully saturated rings. The number of hydrogen-bond donors (Lipinski definition) is 1. The van der Waals surface area contributed by atoms with Crippen molar-refractivity contribution >= 4 is 17.3 Å². The molecule has 0 atom stereocenters. The minimum atomic E-state index is -0.250. The fourth-order valence-electron chi connectivity index (χ4n) is 2.24. The number of benzene rings is 1. The van der Waals surface area contributed by atoms with Gasteiger partial charge in [-0.15, -0.1) is 0 Å². The van der Waals surface area contributed by atoms with Crippen LogP contribution in [0, 0.1) is 0 Å². The summed E-state index contributed by atoms with van der Waals surface area (Å²) < 4.78 is 5.24. The van der Waals surface area contributed by atoms with Crippen LogP contribution in [0.5, 0.6) is 5.75 Å². The van der Waals surface area contributed by atoms with Gasteiger partial charge in [0, 0.05) is 25.5 Å². The van der Waals surface area contributed by atoms with Crippen LogP contribution in [0.4, 0.5) is 11.4 Å². The summed E-state index contributed by atoms with van der Waals surface area (Å²) in [6.07, 6.45) is 3.91. The number of amides is 1. The summed E-state index contributed by atoms with van der Waals surface area (Å²) in [7, 11) is 3.60. The van der Waals surface area contributed by atoms with E-state index in [0.717, 1.165) is 25.1 Å². The van der Waals surface area contributed by atoms with E-state index >= 15 is 0 Å². The zero-order valence-corrected chi connectivity index (χ0v) is 13.9. The Morgan fingerprint density at radius 2 is 2.09 bits per heavy atom. The number of rotatable bonds is 7. The maximum Gasteiger partial charge on any atom is 0.274 e. The molecule has 23 heavy (non-hydrogen) atoms. The van der Waals surface area contributed by atoms with Crippen molar-refractivity contribution in [1.29, 1.82) is 0 Å². The fourth-order valence-corrected chi connectivity index (χ4v) is 2.24. The molecule has 122 valence electrons. The maximum absolute atomic E-state index is 12.4. The lowest BCUT2D eigenvalue weighted by molar-refractivity contribution is 0.102. The third-order valence-electron chi connectivity index (χ3n) is 3.62. The average molecular weight is 313 g/mol. The summed E-state index contributed by atoms with van der Waals surface area (Å²) in [5.41, 5.74) is 2.00. The van der Waals surface area contributed by atoms with Gasteiger partial charge in [0.1, 0.15) is 11.4 Å². The summed E-state index contributed by atoms with van der Waals surface area (Å²) in [4.78, 5) is 18.7. The van der Waals surface area contributed by atoms with E-state index in [0.29, 0.717) is 17.1 Å². The summed E-state index contributed by atoms with van der Waals surface area (Å²) in [6.45, 7) is 3.11. The van der Waals surface area contributed by atoms with Crippen LogP contribution in [0.1, 0.15) is 30.3 Å². The second-order valence-electron chi connectivity index (χ2n) is 5.33. The summed E-state index contributed by atoms with van der Waals surface area (Å²) in [5, 5.41) is 2.84. The molecule has 0 bridgehead atoms. The third-order valence-corrected chi connectivity index (χ3v) is 3.62. The quantitative estimate of drug-likeness (QED) is 0.849. The largest absolute Gasteiger partial charge is 0.495 e. The van der Waals surface area contributed by atoms with Gasteiger partial charge in [-0.05, 0) is 30.7 Å².